The van der Waals surface area contributed by atoms with Gasteiger partial charge in [-0.2, -0.15) is 5.10 Å². The maximum atomic E-state index is 13.9. The van der Waals surface area contributed by atoms with Crippen LogP contribution in [0, 0.1) is 12.7 Å². The van der Waals surface area contributed by atoms with E-state index in [0.29, 0.717) is 54.5 Å². The third-order valence-corrected chi connectivity index (χ3v) is 6.46. The SMILES string of the molecule is Cc1ccc(C(=O)N2CCC(O)(Cc3cccc(-n4ncc5c(=O)[nH]cnc54)c3)CC2)cc1F. The summed E-state index contributed by atoms with van der Waals surface area (Å²) in [6.45, 7) is 2.44. The fourth-order valence-corrected chi connectivity index (χ4v) is 4.43. The Morgan fingerprint density at radius 3 is 2.76 bits per heavy atom. The van der Waals surface area contributed by atoms with E-state index in [0.717, 1.165) is 11.3 Å². The van der Waals surface area contributed by atoms with E-state index in [1.165, 1.54) is 18.6 Å². The summed E-state index contributed by atoms with van der Waals surface area (Å²) in [5, 5.41) is 15.9. The minimum Gasteiger partial charge on any atom is -0.389 e. The number of hydrogen-bond donors (Lipinski definition) is 2. The van der Waals surface area contributed by atoms with Crippen molar-refractivity contribution in [1.29, 1.82) is 0 Å². The Labute approximate surface area is 194 Å². The maximum absolute atomic E-state index is 13.9. The standard InChI is InChI=1S/C25H24FN5O3/c1-16-5-6-18(12-21(16)26)24(33)30-9-7-25(34,8-10-30)13-17-3-2-4-19(11-17)31-22-20(14-29-31)23(32)28-15-27-22/h2-6,11-12,14-15,34H,7-10,13H2,1H3,(H,27,28,32). The van der Waals surface area contributed by atoms with Gasteiger partial charge < -0.3 is 15.0 Å². The molecule has 0 atom stereocenters. The molecule has 1 aliphatic rings. The van der Waals surface area contributed by atoms with Crippen molar-refractivity contribution in [1.82, 2.24) is 24.6 Å². The highest BCUT2D eigenvalue weighted by Crippen LogP contribution is 2.28. The molecule has 4 aromatic rings. The molecule has 1 fully saturated rings. The highest BCUT2D eigenvalue weighted by Gasteiger charge is 2.34. The number of piperidine rings is 1. The van der Waals surface area contributed by atoms with Gasteiger partial charge in [0, 0.05) is 25.1 Å². The second kappa shape index (κ2) is 8.49. The Bertz CT molecular complexity index is 1440. The molecule has 0 saturated carbocycles. The maximum Gasteiger partial charge on any atom is 0.261 e. The molecule has 5 rings (SSSR count). The third kappa shape index (κ3) is 4.10. The van der Waals surface area contributed by atoms with Crippen LogP contribution in [-0.4, -0.2) is 54.4 Å². The van der Waals surface area contributed by atoms with Crippen LogP contribution >= 0.6 is 0 Å². The summed E-state index contributed by atoms with van der Waals surface area (Å²) in [5.41, 5.74) is 1.71. The predicted molar refractivity (Wildman–Crippen MR) is 124 cm³/mol. The molecule has 0 spiro atoms. The number of nitrogens with zero attached hydrogens (tertiary/aromatic N) is 4. The summed E-state index contributed by atoms with van der Waals surface area (Å²) in [5.74, 6) is -0.625. The fraction of sp³-hybridized carbons (Fsp3) is 0.280. The first-order valence-corrected chi connectivity index (χ1v) is 11.1. The van der Waals surface area contributed by atoms with Gasteiger partial charge in [0.25, 0.3) is 11.5 Å². The van der Waals surface area contributed by atoms with E-state index in [2.05, 4.69) is 15.1 Å². The van der Waals surface area contributed by atoms with Crippen molar-refractivity contribution in [2.24, 2.45) is 0 Å². The number of amides is 1. The first-order chi connectivity index (χ1) is 16.3. The van der Waals surface area contributed by atoms with E-state index in [4.69, 9.17) is 0 Å². The number of aryl methyl sites for hydroxylation is 1. The van der Waals surface area contributed by atoms with Crippen molar-refractivity contribution >= 4 is 16.9 Å². The number of aromatic amines is 1. The molecule has 34 heavy (non-hydrogen) atoms. The van der Waals surface area contributed by atoms with E-state index >= 15 is 0 Å². The van der Waals surface area contributed by atoms with E-state index in [9.17, 15) is 19.1 Å². The molecule has 2 aromatic carbocycles. The number of aromatic nitrogens is 4. The molecule has 174 valence electrons. The average molecular weight is 461 g/mol. The summed E-state index contributed by atoms with van der Waals surface area (Å²) in [6, 6.07) is 12.1. The van der Waals surface area contributed by atoms with Crippen molar-refractivity contribution in [3.05, 3.63) is 87.9 Å². The Hall–Kier alpha value is -3.85. The molecular formula is C25H24FN5O3. The Kier molecular flexibility index (Phi) is 5.49. The summed E-state index contributed by atoms with van der Waals surface area (Å²) in [6.07, 6.45) is 4.07. The highest BCUT2D eigenvalue weighted by atomic mass is 19.1. The minimum absolute atomic E-state index is 0.226. The zero-order valence-corrected chi connectivity index (χ0v) is 18.7. The number of benzene rings is 2. The molecule has 2 aromatic heterocycles. The number of halogens is 1. The zero-order valence-electron chi connectivity index (χ0n) is 18.7. The number of likely N-dealkylation sites (tertiary alicyclic amines) is 1. The van der Waals surface area contributed by atoms with Gasteiger partial charge in [-0.15, -0.1) is 0 Å². The topological polar surface area (TPSA) is 104 Å². The summed E-state index contributed by atoms with van der Waals surface area (Å²) in [4.78, 5) is 33.2. The number of rotatable bonds is 4. The number of nitrogens with one attached hydrogen (secondary N) is 1. The van der Waals surface area contributed by atoms with Crippen LogP contribution in [0.25, 0.3) is 16.7 Å². The van der Waals surface area contributed by atoms with Gasteiger partial charge >= 0.3 is 0 Å². The molecule has 2 N–H and O–H groups in total. The van der Waals surface area contributed by atoms with Crippen molar-refractivity contribution in [2.45, 2.75) is 31.8 Å². The lowest BCUT2D eigenvalue weighted by Gasteiger charge is -2.38. The third-order valence-electron chi connectivity index (χ3n) is 6.46. The number of H-pyrrole nitrogens is 1. The lowest BCUT2D eigenvalue weighted by molar-refractivity contribution is -0.0162. The van der Waals surface area contributed by atoms with Gasteiger partial charge in [0.15, 0.2) is 5.65 Å². The van der Waals surface area contributed by atoms with Crippen molar-refractivity contribution in [3.8, 4) is 5.69 Å². The van der Waals surface area contributed by atoms with Gasteiger partial charge in [-0.25, -0.2) is 14.1 Å². The molecule has 9 heteroatoms. The molecule has 0 unspecified atom stereocenters. The first kappa shape index (κ1) is 22.0. The van der Waals surface area contributed by atoms with E-state index in [-0.39, 0.29) is 11.5 Å². The van der Waals surface area contributed by atoms with Crippen LogP contribution in [0.4, 0.5) is 4.39 Å². The van der Waals surface area contributed by atoms with Crippen LogP contribution in [0.2, 0.25) is 0 Å². The summed E-state index contributed by atoms with van der Waals surface area (Å²) >= 11 is 0. The smallest absolute Gasteiger partial charge is 0.261 e. The predicted octanol–water partition coefficient (Wildman–Crippen LogP) is 2.77. The largest absolute Gasteiger partial charge is 0.389 e. The number of fused-ring (bicyclic) bond motifs is 1. The van der Waals surface area contributed by atoms with Crippen LogP contribution in [0.15, 0.2) is 59.8 Å². The van der Waals surface area contributed by atoms with Crippen LogP contribution in [0.1, 0.15) is 34.3 Å². The molecule has 0 bridgehead atoms. The molecule has 0 aliphatic carbocycles. The molecule has 1 amide bonds. The van der Waals surface area contributed by atoms with E-state index in [1.54, 1.807) is 28.6 Å². The summed E-state index contributed by atoms with van der Waals surface area (Å²) in [7, 11) is 0. The van der Waals surface area contributed by atoms with Gasteiger partial charge in [-0.1, -0.05) is 18.2 Å². The Morgan fingerprint density at radius 1 is 1.21 bits per heavy atom. The van der Waals surface area contributed by atoms with Crippen molar-refractivity contribution in [3.63, 3.8) is 0 Å². The summed E-state index contributed by atoms with van der Waals surface area (Å²) < 4.78 is 15.5. The number of hydrogen-bond acceptors (Lipinski definition) is 5. The van der Waals surface area contributed by atoms with E-state index in [1.807, 2.05) is 24.3 Å². The zero-order chi connectivity index (χ0) is 23.9. The van der Waals surface area contributed by atoms with Gasteiger partial charge in [0.1, 0.15) is 11.2 Å². The lowest BCUT2D eigenvalue weighted by atomic mass is 9.85. The van der Waals surface area contributed by atoms with Crippen LogP contribution < -0.4 is 5.56 Å². The molecule has 8 nitrogen and oxygen atoms in total. The van der Waals surface area contributed by atoms with Crippen LogP contribution in [0.3, 0.4) is 0 Å². The first-order valence-electron chi connectivity index (χ1n) is 11.1. The normalized spacial score (nSPS) is 15.6. The molecule has 1 saturated heterocycles. The van der Waals surface area contributed by atoms with Crippen LogP contribution in [0.5, 0.6) is 0 Å². The van der Waals surface area contributed by atoms with Gasteiger partial charge in [-0.3, -0.25) is 9.59 Å². The molecule has 0 radical (unpaired) electrons. The molecule has 1 aliphatic heterocycles. The second-order valence-corrected chi connectivity index (χ2v) is 8.85. The Balaban J connectivity index is 1.30. The van der Waals surface area contributed by atoms with Crippen molar-refractivity contribution < 1.29 is 14.3 Å². The highest BCUT2D eigenvalue weighted by molar-refractivity contribution is 5.94. The second-order valence-electron chi connectivity index (χ2n) is 8.85. The van der Waals surface area contributed by atoms with E-state index < -0.39 is 11.4 Å². The monoisotopic (exact) mass is 461 g/mol. The van der Waals surface area contributed by atoms with Gasteiger partial charge in [0.2, 0.25) is 0 Å². The number of aliphatic hydroxyl groups is 1. The fourth-order valence-electron chi connectivity index (χ4n) is 4.43. The number of carbonyl (C=O) groups is 1. The van der Waals surface area contributed by atoms with Gasteiger partial charge in [-0.05, 0) is 55.2 Å². The van der Waals surface area contributed by atoms with Gasteiger partial charge in [0.05, 0.1) is 23.8 Å². The average Bonchev–Trinajstić information content (AvgIpc) is 3.26. The van der Waals surface area contributed by atoms with Crippen LogP contribution in [-0.2, 0) is 6.42 Å². The lowest BCUT2D eigenvalue weighted by Crippen LogP contribution is -2.47. The quantitative estimate of drug-likeness (QED) is 0.486. The number of carbonyl (C=O) groups excluding carboxylic acids is 1. The minimum atomic E-state index is -0.963. The molecular weight excluding hydrogens is 437 g/mol. The molecule has 3 heterocycles. The van der Waals surface area contributed by atoms with Crippen molar-refractivity contribution in [2.75, 3.05) is 13.1 Å². The Morgan fingerprint density at radius 2 is 2.00 bits per heavy atom.